The summed E-state index contributed by atoms with van der Waals surface area (Å²) in [5.41, 5.74) is 5.44. The number of aryl methyl sites for hydroxylation is 1. The molecule has 2 amide bonds. The third-order valence-electron chi connectivity index (χ3n) is 3.65. The van der Waals surface area contributed by atoms with Crippen LogP contribution in [0.3, 0.4) is 0 Å². The summed E-state index contributed by atoms with van der Waals surface area (Å²) >= 11 is 0. The van der Waals surface area contributed by atoms with Crippen LogP contribution in [-0.4, -0.2) is 36.3 Å². The van der Waals surface area contributed by atoms with Crippen LogP contribution in [0, 0.1) is 10.1 Å². The largest absolute Gasteiger partial charge is 0.454 e. The molecule has 12 heteroatoms. The number of amides is 2. The fourth-order valence-electron chi connectivity index (χ4n) is 2.44. The molecule has 0 bridgehead atoms. The van der Waals surface area contributed by atoms with Crippen LogP contribution in [0.25, 0.3) is 0 Å². The first-order chi connectivity index (χ1) is 12.9. The summed E-state index contributed by atoms with van der Waals surface area (Å²) < 4.78 is 8.12. The van der Waals surface area contributed by atoms with E-state index in [9.17, 15) is 19.7 Å². The predicted octanol–water partition coefficient (Wildman–Crippen LogP) is 1.00. The number of nitrogens with two attached hydrogens (primary N) is 1. The molecule has 0 aromatic carbocycles. The maximum atomic E-state index is 12.3. The Morgan fingerprint density at radius 1 is 1.33 bits per heavy atom. The van der Waals surface area contributed by atoms with E-state index in [1.165, 1.54) is 27.8 Å². The number of furan rings is 1. The molecule has 140 valence electrons. The van der Waals surface area contributed by atoms with E-state index in [1.807, 2.05) is 0 Å². The number of nitrogens with one attached hydrogen (secondary N) is 1. The molecule has 0 fully saturated rings. The molecule has 0 radical (unpaired) electrons. The molecule has 27 heavy (non-hydrogen) atoms. The van der Waals surface area contributed by atoms with Crippen molar-refractivity contribution in [3.8, 4) is 0 Å². The lowest BCUT2D eigenvalue weighted by Gasteiger charge is -2.05. The van der Waals surface area contributed by atoms with Crippen molar-refractivity contribution in [2.24, 2.45) is 5.73 Å². The zero-order valence-electron chi connectivity index (χ0n) is 14.2. The van der Waals surface area contributed by atoms with E-state index in [1.54, 1.807) is 13.0 Å². The molecule has 12 nitrogen and oxygen atoms in total. The van der Waals surface area contributed by atoms with Gasteiger partial charge in [-0.15, -0.1) is 0 Å². The van der Waals surface area contributed by atoms with Crippen molar-refractivity contribution >= 4 is 23.2 Å². The molecule has 0 saturated heterocycles. The molecule has 3 rings (SSSR count). The standard InChI is InChI=1S/C15H15N7O5/c1-2-21-13(14(16)23)11(6-18-21)19-15(24)12-4-3-10(27-12)8-20-7-9(5-17-20)22(25)26/h3-7H,2,8H2,1H3,(H2,16,23)(H,19,24). The maximum absolute atomic E-state index is 12.3. The van der Waals surface area contributed by atoms with Crippen LogP contribution in [0.1, 0.15) is 33.7 Å². The number of carbonyl (C=O) groups excluding carboxylic acids is 2. The number of anilines is 1. The van der Waals surface area contributed by atoms with E-state index in [0.717, 1.165) is 6.20 Å². The van der Waals surface area contributed by atoms with E-state index >= 15 is 0 Å². The smallest absolute Gasteiger partial charge is 0.307 e. The van der Waals surface area contributed by atoms with Gasteiger partial charge in [0.15, 0.2) is 5.76 Å². The van der Waals surface area contributed by atoms with Crippen molar-refractivity contribution in [2.45, 2.75) is 20.0 Å². The molecule has 0 aliphatic carbocycles. The summed E-state index contributed by atoms with van der Waals surface area (Å²) in [5, 5.41) is 21.0. The normalized spacial score (nSPS) is 10.7. The SMILES string of the molecule is CCn1ncc(NC(=O)c2ccc(Cn3cc([N+](=O)[O-])cn3)o2)c1C(N)=O. The molecule has 0 spiro atoms. The van der Waals surface area contributed by atoms with Crippen LogP contribution in [0.4, 0.5) is 11.4 Å². The van der Waals surface area contributed by atoms with Gasteiger partial charge in [-0.05, 0) is 19.1 Å². The van der Waals surface area contributed by atoms with Gasteiger partial charge in [-0.1, -0.05) is 0 Å². The topological polar surface area (TPSA) is 164 Å². The van der Waals surface area contributed by atoms with Gasteiger partial charge in [-0.25, -0.2) is 0 Å². The second-order valence-corrected chi connectivity index (χ2v) is 5.46. The van der Waals surface area contributed by atoms with Crippen LogP contribution < -0.4 is 11.1 Å². The molecular weight excluding hydrogens is 358 g/mol. The Labute approximate surface area is 151 Å². The van der Waals surface area contributed by atoms with Gasteiger partial charge in [0.2, 0.25) is 0 Å². The molecule has 0 unspecified atom stereocenters. The quantitative estimate of drug-likeness (QED) is 0.460. The summed E-state index contributed by atoms with van der Waals surface area (Å²) in [6, 6.07) is 2.99. The van der Waals surface area contributed by atoms with E-state index < -0.39 is 16.7 Å². The highest BCUT2D eigenvalue weighted by molar-refractivity contribution is 6.06. The zero-order chi connectivity index (χ0) is 19.6. The highest BCUT2D eigenvalue weighted by Crippen LogP contribution is 2.18. The van der Waals surface area contributed by atoms with Crippen molar-refractivity contribution in [1.82, 2.24) is 19.6 Å². The second kappa shape index (κ2) is 7.11. The van der Waals surface area contributed by atoms with Crippen LogP contribution in [0.5, 0.6) is 0 Å². The average molecular weight is 373 g/mol. The number of nitrogens with zero attached hydrogens (tertiary/aromatic N) is 5. The second-order valence-electron chi connectivity index (χ2n) is 5.46. The van der Waals surface area contributed by atoms with Gasteiger partial charge in [-0.3, -0.25) is 29.1 Å². The van der Waals surface area contributed by atoms with Crippen molar-refractivity contribution in [3.05, 3.63) is 58.1 Å². The molecule has 0 aliphatic heterocycles. The summed E-state index contributed by atoms with van der Waals surface area (Å²) in [6.07, 6.45) is 3.70. The fourth-order valence-corrected chi connectivity index (χ4v) is 2.44. The van der Waals surface area contributed by atoms with Crippen LogP contribution in [0.15, 0.2) is 35.1 Å². The average Bonchev–Trinajstić information content (AvgIpc) is 3.34. The molecule has 0 atom stereocenters. The summed E-state index contributed by atoms with van der Waals surface area (Å²) in [6.45, 7) is 2.31. The first-order valence-electron chi connectivity index (χ1n) is 7.81. The third kappa shape index (κ3) is 3.68. The molecule has 3 heterocycles. The molecule has 0 aliphatic rings. The summed E-state index contributed by atoms with van der Waals surface area (Å²) in [5.74, 6) is -0.945. The van der Waals surface area contributed by atoms with Gasteiger partial charge in [0.05, 0.1) is 23.4 Å². The predicted molar refractivity (Wildman–Crippen MR) is 91.1 cm³/mol. The Balaban J connectivity index is 1.72. The van der Waals surface area contributed by atoms with Gasteiger partial charge >= 0.3 is 5.69 Å². The number of nitro groups is 1. The number of primary amides is 1. The number of aromatic nitrogens is 4. The Morgan fingerprint density at radius 2 is 2.11 bits per heavy atom. The minimum atomic E-state index is -0.718. The molecule has 3 N–H and O–H groups in total. The van der Waals surface area contributed by atoms with E-state index in [2.05, 4.69) is 15.5 Å². The van der Waals surface area contributed by atoms with Crippen molar-refractivity contribution in [2.75, 3.05) is 5.32 Å². The first-order valence-corrected chi connectivity index (χ1v) is 7.81. The number of hydrogen-bond acceptors (Lipinski definition) is 7. The fraction of sp³-hybridized carbons (Fsp3) is 0.200. The minimum Gasteiger partial charge on any atom is -0.454 e. The first kappa shape index (κ1) is 17.8. The van der Waals surface area contributed by atoms with Crippen molar-refractivity contribution < 1.29 is 18.9 Å². The van der Waals surface area contributed by atoms with E-state index in [-0.39, 0.29) is 29.4 Å². The molecule has 3 aromatic heterocycles. The van der Waals surface area contributed by atoms with Crippen LogP contribution in [0.2, 0.25) is 0 Å². The summed E-state index contributed by atoms with van der Waals surface area (Å²) in [4.78, 5) is 34.0. The van der Waals surface area contributed by atoms with Crippen LogP contribution in [-0.2, 0) is 13.1 Å². The highest BCUT2D eigenvalue weighted by Gasteiger charge is 2.20. The van der Waals surface area contributed by atoms with Gasteiger partial charge in [-0.2, -0.15) is 10.2 Å². The van der Waals surface area contributed by atoms with Crippen molar-refractivity contribution in [3.63, 3.8) is 0 Å². The van der Waals surface area contributed by atoms with E-state index in [4.69, 9.17) is 10.2 Å². The third-order valence-corrected chi connectivity index (χ3v) is 3.65. The van der Waals surface area contributed by atoms with Gasteiger partial charge in [0, 0.05) is 6.54 Å². The Kier molecular flexibility index (Phi) is 4.70. The summed E-state index contributed by atoms with van der Waals surface area (Å²) in [7, 11) is 0. The maximum Gasteiger partial charge on any atom is 0.307 e. The van der Waals surface area contributed by atoms with Crippen molar-refractivity contribution in [1.29, 1.82) is 0 Å². The lowest BCUT2D eigenvalue weighted by molar-refractivity contribution is -0.385. The molecule has 0 saturated carbocycles. The molecule has 3 aromatic rings. The highest BCUT2D eigenvalue weighted by atomic mass is 16.6. The van der Waals surface area contributed by atoms with Gasteiger partial charge in [0.25, 0.3) is 11.8 Å². The molecular formula is C15H15N7O5. The van der Waals surface area contributed by atoms with Crippen LogP contribution >= 0.6 is 0 Å². The van der Waals surface area contributed by atoms with Gasteiger partial charge in [0.1, 0.15) is 23.8 Å². The number of rotatable bonds is 7. The monoisotopic (exact) mass is 373 g/mol. The van der Waals surface area contributed by atoms with E-state index in [0.29, 0.717) is 12.3 Å². The number of hydrogen-bond donors (Lipinski definition) is 2. The lowest BCUT2D eigenvalue weighted by atomic mass is 10.3. The zero-order valence-corrected chi connectivity index (χ0v) is 14.2. The Bertz CT molecular complexity index is 1020. The minimum absolute atomic E-state index is 0.00803. The Hall–Kier alpha value is -3.96. The van der Waals surface area contributed by atoms with Gasteiger partial charge < -0.3 is 15.5 Å². The Morgan fingerprint density at radius 3 is 2.74 bits per heavy atom. The lowest BCUT2D eigenvalue weighted by Crippen LogP contribution is -2.20. The number of carbonyl (C=O) groups is 2.